The smallest absolute Gasteiger partial charge is 0.157 e. The number of nitrogens with zero attached hydrogens (tertiary/aromatic N) is 2. The molecule has 5 nitrogen and oxygen atoms in total. The third kappa shape index (κ3) is 4.31. The molecule has 5 heteroatoms. The largest absolute Gasteiger partial charge is 0.488 e. The van der Waals surface area contributed by atoms with Crippen molar-refractivity contribution < 1.29 is 9.47 Å². The molecule has 102 valence electrons. The molecule has 1 aliphatic rings. The maximum Gasteiger partial charge on any atom is 0.157 e. The Kier molecular flexibility index (Phi) is 5.01. The van der Waals surface area contributed by atoms with Gasteiger partial charge in [0.05, 0.1) is 31.1 Å². The molecule has 1 aliphatic heterocycles. The summed E-state index contributed by atoms with van der Waals surface area (Å²) >= 11 is 0. The summed E-state index contributed by atoms with van der Waals surface area (Å²) in [5.74, 6) is 0.837. The molecule has 0 amide bonds. The number of ether oxygens (including phenoxy) is 2. The Morgan fingerprint density at radius 3 is 3.22 bits per heavy atom. The van der Waals surface area contributed by atoms with E-state index in [1.165, 1.54) is 12.8 Å². The molecule has 1 aromatic heterocycles. The molecule has 0 aromatic carbocycles. The van der Waals surface area contributed by atoms with E-state index in [4.69, 9.17) is 9.47 Å². The van der Waals surface area contributed by atoms with E-state index in [2.05, 4.69) is 10.4 Å². The van der Waals surface area contributed by atoms with Crippen LogP contribution in [0.1, 0.15) is 26.7 Å². The van der Waals surface area contributed by atoms with E-state index in [1.807, 2.05) is 24.7 Å². The van der Waals surface area contributed by atoms with E-state index in [9.17, 15) is 0 Å². The van der Waals surface area contributed by atoms with E-state index in [1.54, 1.807) is 6.20 Å². The van der Waals surface area contributed by atoms with E-state index in [0.717, 1.165) is 32.0 Å². The number of nitrogens with one attached hydrogen (secondary N) is 1. The van der Waals surface area contributed by atoms with E-state index in [0.29, 0.717) is 6.10 Å². The highest BCUT2D eigenvalue weighted by Gasteiger charge is 2.14. The Labute approximate surface area is 108 Å². The highest BCUT2D eigenvalue weighted by atomic mass is 16.5. The van der Waals surface area contributed by atoms with Crippen molar-refractivity contribution in [2.24, 2.45) is 0 Å². The molecular weight excluding hydrogens is 230 g/mol. The average Bonchev–Trinajstić information content (AvgIpc) is 2.95. The van der Waals surface area contributed by atoms with Crippen molar-refractivity contribution in [3.63, 3.8) is 0 Å². The first kappa shape index (κ1) is 13.4. The van der Waals surface area contributed by atoms with Crippen LogP contribution in [-0.4, -0.2) is 41.7 Å². The van der Waals surface area contributed by atoms with Gasteiger partial charge in [-0.2, -0.15) is 5.10 Å². The van der Waals surface area contributed by atoms with Crippen molar-refractivity contribution in [3.8, 4) is 5.75 Å². The summed E-state index contributed by atoms with van der Waals surface area (Å²) in [6.07, 6.45) is 6.68. The number of rotatable bonds is 7. The zero-order valence-corrected chi connectivity index (χ0v) is 11.3. The van der Waals surface area contributed by atoms with Crippen LogP contribution in [-0.2, 0) is 11.3 Å². The SMILES string of the molecule is CC(C)Oc1cnn(CCNCC2CCCO2)c1. The third-order valence-corrected chi connectivity index (χ3v) is 2.90. The minimum atomic E-state index is 0.195. The molecule has 0 bridgehead atoms. The van der Waals surface area contributed by atoms with Crippen molar-refractivity contribution in [2.75, 3.05) is 19.7 Å². The first-order valence-corrected chi connectivity index (χ1v) is 6.75. The predicted molar refractivity (Wildman–Crippen MR) is 69.8 cm³/mol. The summed E-state index contributed by atoms with van der Waals surface area (Å²) in [5, 5.41) is 7.66. The van der Waals surface area contributed by atoms with Crippen LogP contribution in [0.25, 0.3) is 0 Å². The van der Waals surface area contributed by atoms with Gasteiger partial charge in [-0.25, -0.2) is 0 Å². The van der Waals surface area contributed by atoms with Gasteiger partial charge in [0.2, 0.25) is 0 Å². The van der Waals surface area contributed by atoms with Crippen LogP contribution in [0.3, 0.4) is 0 Å². The van der Waals surface area contributed by atoms with Crippen LogP contribution in [0.2, 0.25) is 0 Å². The Morgan fingerprint density at radius 2 is 2.50 bits per heavy atom. The number of aromatic nitrogens is 2. The molecule has 1 atom stereocenters. The highest BCUT2D eigenvalue weighted by molar-refractivity contribution is 5.11. The van der Waals surface area contributed by atoms with Gasteiger partial charge in [0.1, 0.15) is 0 Å². The minimum absolute atomic E-state index is 0.195. The first-order chi connectivity index (χ1) is 8.74. The highest BCUT2D eigenvalue weighted by Crippen LogP contribution is 2.11. The molecule has 0 radical (unpaired) electrons. The van der Waals surface area contributed by atoms with Crippen molar-refractivity contribution in [3.05, 3.63) is 12.4 Å². The second-order valence-electron chi connectivity index (χ2n) is 4.94. The zero-order valence-electron chi connectivity index (χ0n) is 11.3. The van der Waals surface area contributed by atoms with Crippen molar-refractivity contribution >= 4 is 0 Å². The molecule has 1 fully saturated rings. The van der Waals surface area contributed by atoms with Crippen LogP contribution >= 0.6 is 0 Å². The number of hydrogen-bond acceptors (Lipinski definition) is 4. The van der Waals surface area contributed by atoms with Crippen molar-refractivity contribution in [1.82, 2.24) is 15.1 Å². The Morgan fingerprint density at radius 1 is 1.61 bits per heavy atom. The lowest BCUT2D eigenvalue weighted by Crippen LogP contribution is -2.29. The topological polar surface area (TPSA) is 48.3 Å². The summed E-state index contributed by atoms with van der Waals surface area (Å²) < 4.78 is 13.0. The third-order valence-electron chi connectivity index (χ3n) is 2.90. The fraction of sp³-hybridized carbons (Fsp3) is 0.769. The van der Waals surface area contributed by atoms with Gasteiger partial charge < -0.3 is 14.8 Å². The molecule has 2 heterocycles. The van der Waals surface area contributed by atoms with Crippen LogP contribution in [0.5, 0.6) is 5.75 Å². The zero-order chi connectivity index (χ0) is 12.8. The van der Waals surface area contributed by atoms with Gasteiger partial charge in [-0.3, -0.25) is 4.68 Å². The Balaban J connectivity index is 1.62. The molecule has 18 heavy (non-hydrogen) atoms. The fourth-order valence-corrected chi connectivity index (χ4v) is 2.06. The Bertz CT molecular complexity index is 346. The van der Waals surface area contributed by atoms with Crippen LogP contribution in [0, 0.1) is 0 Å². The summed E-state index contributed by atoms with van der Waals surface area (Å²) in [6.45, 7) is 7.65. The second-order valence-corrected chi connectivity index (χ2v) is 4.94. The lowest BCUT2D eigenvalue weighted by atomic mass is 10.2. The van der Waals surface area contributed by atoms with Gasteiger partial charge in [-0.15, -0.1) is 0 Å². The van der Waals surface area contributed by atoms with E-state index >= 15 is 0 Å². The summed E-state index contributed by atoms with van der Waals surface area (Å²) in [4.78, 5) is 0. The minimum Gasteiger partial charge on any atom is -0.488 e. The van der Waals surface area contributed by atoms with E-state index in [-0.39, 0.29) is 6.10 Å². The molecular formula is C13H23N3O2. The average molecular weight is 253 g/mol. The molecule has 2 rings (SSSR count). The quantitative estimate of drug-likeness (QED) is 0.747. The molecule has 1 unspecified atom stereocenters. The molecule has 1 saturated heterocycles. The van der Waals surface area contributed by atoms with Crippen LogP contribution in [0.4, 0.5) is 0 Å². The Hall–Kier alpha value is -1.07. The van der Waals surface area contributed by atoms with Crippen molar-refractivity contribution in [1.29, 1.82) is 0 Å². The summed E-state index contributed by atoms with van der Waals surface area (Å²) in [5.41, 5.74) is 0. The molecule has 0 saturated carbocycles. The predicted octanol–water partition coefficient (Wildman–Crippen LogP) is 1.44. The van der Waals surface area contributed by atoms with E-state index < -0.39 is 0 Å². The molecule has 1 N–H and O–H groups in total. The standard InChI is InChI=1S/C13H23N3O2/c1-11(2)18-13-9-15-16(10-13)6-5-14-8-12-4-3-7-17-12/h9-12,14H,3-8H2,1-2H3. The lowest BCUT2D eigenvalue weighted by molar-refractivity contribution is 0.110. The van der Waals surface area contributed by atoms with Gasteiger partial charge in [0.15, 0.2) is 5.75 Å². The normalized spacial score (nSPS) is 19.6. The van der Waals surface area contributed by atoms with Crippen molar-refractivity contribution in [2.45, 2.75) is 45.4 Å². The first-order valence-electron chi connectivity index (χ1n) is 6.75. The maximum atomic E-state index is 5.56. The summed E-state index contributed by atoms with van der Waals surface area (Å²) in [7, 11) is 0. The van der Waals surface area contributed by atoms with Gasteiger partial charge in [-0.1, -0.05) is 0 Å². The van der Waals surface area contributed by atoms with Gasteiger partial charge in [-0.05, 0) is 26.7 Å². The van der Waals surface area contributed by atoms with Gasteiger partial charge in [0, 0.05) is 19.7 Å². The van der Waals surface area contributed by atoms with Crippen LogP contribution < -0.4 is 10.1 Å². The lowest BCUT2D eigenvalue weighted by Gasteiger charge is -2.10. The molecule has 1 aromatic rings. The maximum absolute atomic E-state index is 5.56. The monoisotopic (exact) mass is 253 g/mol. The fourth-order valence-electron chi connectivity index (χ4n) is 2.06. The van der Waals surface area contributed by atoms with Crippen LogP contribution in [0.15, 0.2) is 12.4 Å². The number of hydrogen-bond donors (Lipinski definition) is 1. The second kappa shape index (κ2) is 6.75. The molecule has 0 aliphatic carbocycles. The van der Waals surface area contributed by atoms with Gasteiger partial charge >= 0.3 is 0 Å². The summed E-state index contributed by atoms with van der Waals surface area (Å²) in [6, 6.07) is 0. The van der Waals surface area contributed by atoms with Gasteiger partial charge in [0.25, 0.3) is 0 Å². The molecule has 0 spiro atoms.